The Balaban J connectivity index is 2.26. The van der Waals surface area contributed by atoms with E-state index in [1.165, 1.54) is 5.56 Å². The van der Waals surface area contributed by atoms with Crippen LogP contribution in [0.4, 0.5) is 0 Å². The average Bonchev–Trinajstić information content (AvgIpc) is 2.16. The number of benzene rings is 1. The summed E-state index contributed by atoms with van der Waals surface area (Å²) in [6, 6.07) is 6.15. The van der Waals surface area contributed by atoms with Gasteiger partial charge in [0.05, 0.1) is 13.2 Å². The molecular formula is C13H16O3. The molecule has 0 aliphatic carbocycles. The van der Waals surface area contributed by atoms with Crippen molar-refractivity contribution < 1.29 is 14.6 Å². The van der Waals surface area contributed by atoms with E-state index in [4.69, 9.17) is 4.74 Å². The van der Waals surface area contributed by atoms with E-state index in [-0.39, 0.29) is 0 Å². The molecule has 1 aromatic carbocycles. The van der Waals surface area contributed by atoms with Crippen LogP contribution < -0.4 is 0 Å². The Labute approximate surface area is 95.0 Å². The minimum absolute atomic E-state index is 0.329. The number of hydrogen-bond donors (Lipinski definition) is 1. The zero-order valence-electron chi connectivity index (χ0n) is 9.62. The summed E-state index contributed by atoms with van der Waals surface area (Å²) < 4.78 is 5.06. The van der Waals surface area contributed by atoms with Crippen molar-refractivity contribution in [1.29, 1.82) is 0 Å². The van der Waals surface area contributed by atoms with Crippen LogP contribution in [0.25, 0.3) is 0 Å². The van der Waals surface area contributed by atoms with Crippen LogP contribution in [0.5, 0.6) is 0 Å². The number of carboxylic acids is 1. The Bertz CT molecular complexity index is 419. The molecular weight excluding hydrogens is 204 g/mol. The highest BCUT2D eigenvalue weighted by molar-refractivity contribution is 5.76. The molecule has 1 N–H and O–H groups in total. The summed E-state index contributed by atoms with van der Waals surface area (Å²) in [4.78, 5) is 11.2. The van der Waals surface area contributed by atoms with Gasteiger partial charge in [-0.15, -0.1) is 0 Å². The highest BCUT2D eigenvalue weighted by atomic mass is 16.5. The highest BCUT2D eigenvalue weighted by Crippen LogP contribution is 2.33. The first-order chi connectivity index (χ1) is 7.53. The molecule has 0 spiro atoms. The van der Waals surface area contributed by atoms with Gasteiger partial charge in [-0.05, 0) is 31.4 Å². The summed E-state index contributed by atoms with van der Waals surface area (Å²) in [5, 5.41) is 9.23. The fraction of sp³-hybridized carbons (Fsp3) is 0.462. The molecule has 1 saturated heterocycles. The minimum atomic E-state index is -0.750. The van der Waals surface area contributed by atoms with Gasteiger partial charge in [0.15, 0.2) is 0 Å². The molecule has 0 radical (unpaired) electrons. The van der Waals surface area contributed by atoms with Crippen LogP contribution in [0.3, 0.4) is 0 Å². The normalized spacial score (nSPS) is 17.9. The predicted molar refractivity (Wildman–Crippen MR) is 60.5 cm³/mol. The van der Waals surface area contributed by atoms with Crippen LogP contribution >= 0.6 is 0 Å². The third-order valence-corrected chi connectivity index (χ3v) is 3.24. The van der Waals surface area contributed by atoms with Crippen LogP contribution in [0.1, 0.15) is 16.7 Å². The fourth-order valence-electron chi connectivity index (χ4n) is 2.00. The predicted octanol–water partition coefficient (Wildman–Crippen LogP) is 1.95. The number of rotatable bonds is 3. The maximum Gasteiger partial charge on any atom is 0.314 e. The molecule has 1 aliphatic heterocycles. The van der Waals surface area contributed by atoms with Gasteiger partial charge >= 0.3 is 5.97 Å². The van der Waals surface area contributed by atoms with Crippen molar-refractivity contribution in [3.8, 4) is 0 Å². The molecule has 0 atom stereocenters. The number of aliphatic carboxylic acids is 1. The molecule has 1 heterocycles. The van der Waals surface area contributed by atoms with E-state index in [0.29, 0.717) is 19.6 Å². The summed E-state index contributed by atoms with van der Waals surface area (Å²) in [7, 11) is 0. The molecule has 16 heavy (non-hydrogen) atoms. The second kappa shape index (κ2) is 3.91. The Morgan fingerprint density at radius 3 is 2.62 bits per heavy atom. The lowest BCUT2D eigenvalue weighted by Crippen LogP contribution is -2.50. The lowest BCUT2D eigenvalue weighted by atomic mass is 9.78. The largest absolute Gasteiger partial charge is 0.481 e. The monoisotopic (exact) mass is 220 g/mol. The fourth-order valence-corrected chi connectivity index (χ4v) is 2.00. The number of carbonyl (C=O) groups is 1. The number of aryl methyl sites for hydroxylation is 2. The van der Waals surface area contributed by atoms with E-state index < -0.39 is 11.4 Å². The Morgan fingerprint density at radius 1 is 1.44 bits per heavy atom. The second-order valence-corrected chi connectivity index (χ2v) is 4.68. The van der Waals surface area contributed by atoms with Gasteiger partial charge in [0.1, 0.15) is 5.41 Å². The summed E-state index contributed by atoms with van der Waals surface area (Å²) >= 11 is 0. The summed E-state index contributed by atoms with van der Waals surface area (Å²) in [6.45, 7) is 4.70. The molecule has 1 aliphatic rings. The first-order valence-electron chi connectivity index (χ1n) is 5.41. The molecule has 0 unspecified atom stereocenters. The van der Waals surface area contributed by atoms with Crippen molar-refractivity contribution in [2.75, 3.05) is 13.2 Å². The van der Waals surface area contributed by atoms with Gasteiger partial charge in [0.25, 0.3) is 0 Å². The van der Waals surface area contributed by atoms with E-state index in [1.54, 1.807) is 0 Å². The van der Waals surface area contributed by atoms with Crippen molar-refractivity contribution >= 4 is 5.97 Å². The lowest BCUT2D eigenvalue weighted by Gasteiger charge is -2.37. The van der Waals surface area contributed by atoms with Crippen LogP contribution in [-0.2, 0) is 16.0 Å². The van der Waals surface area contributed by atoms with Crippen LogP contribution in [0.2, 0.25) is 0 Å². The molecule has 0 bridgehead atoms. The zero-order valence-corrected chi connectivity index (χ0v) is 9.62. The van der Waals surface area contributed by atoms with Gasteiger partial charge in [-0.1, -0.05) is 23.8 Å². The van der Waals surface area contributed by atoms with Gasteiger partial charge in [-0.25, -0.2) is 0 Å². The molecule has 2 rings (SSSR count). The van der Waals surface area contributed by atoms with Gasteiger partial charge < -0.3 is 9.84 Å². The van der Waals surface area contributed by atoms with Gasteiger partial charge in [-0.2, -0.15) is 0 Å². The molecule has 0 aromatic heterocycles. The molecule has 0 saturated carbocycles. The average molecular weight is 220 g/mol. The third-order valence-electron chi connectivity index (χ3n) is 3.24. The molecule has 0 amide bonds. The molecule has 1 aromatic rings. The number of carboxylic acid groups (broad SMARTS) is 1. The van der Waals surface area contributed by atoms with Gasteiger partial charge in [0.2, 0.25) is 0 Å². The first kappa shape index (κ1) is 11.1. The molecule has 86 valence electrons. The minimum Gasteiger partial charge on any atom is -0.481 e. The van der Waals surface area contributed by atoms with E-state index in [9.17, 15) is 9.90 Å². The van der Waals surface area contributed by atoms with E-state index >= 15 is 0 Å². The molecule has 3 heteroatoms. The maximum atomic E-state index is 11.2. The van der Waals surface area contributed by atoms with E-state index in [1.807, 2.05) is 26.0 Å². The standard InChI is InChI=1S/C13H16O3/c1-9-3-4-10(2)11(5-9)6-13(12(14)15)7-16-8-13/h3-5H,6-8H2,1-2H3,(H,14,15). The Kier molecular flexibility index (Phi) is 2.72. The molecule has 3 nitrogen and oxygen atoms in total. The summed E-state index contributed by atoms with van der Waals surface area (Å²) in [6.07, 6.45) is 0.565. The summed E-state index contributed by atoms with van der Waals surface area (Å²) in [5.41, 5.74) is 2.74. The highest BCUT2D eigenvalue weighted by Gasteiger charge is 2.46. The SMILES string of the molecule is Cc1ccc(C)c(CC2(C(=O)O)COC2)c1. The lowest BCUT2D eigenvalue weighted by molar-refractivity contribution is -0.179. The van der Waals surface area contributed by atoms with Gasteiger partial charge in [0, 0.05) is 0 Å². The quantitative estimate of drug-likeness (QED) is 0.846. The second-order valence-electron chi connectivity index (χ2n) is 4.68. The molecule has 1 fully saturated rings. The van der Waals surface area contributed by atoms with Gasteiger partial charge in [-0.3, -0.25) is 4.79 Å². The van der Waals surface area contributed by atoms with Crippen LogP contribution in [0, 0.1) is 19.3 Å². The van der Waals surface area contributed by atoms with E-state index in [2.05, 4.69) is 6.07 Å². The topological polar surface area (TPSA) is 46.5 Å². The van der Waals surface area contributed by atoms with Crippen molar-refractivity contribution in [3.63, 3.8) is 0 Å². The maximum absolute atomic E-state index is 11.2. The number of ether oxygens (including phenoxy) is 1. The summed E-state index contributed by atoms with van der Waals surface area (Å²) in [5.74, 6) is -0.750. The Hall–Kier alpha value is -1.35. The van der Waals surface area contributed by atoms with Crippen LogP contribution in [0.15, 0.2) is 18.2 Å². The van der Waals surface area contributed by atoms with Crippen molar-refractivity contribution in [1.82, 2.24) is 0 Å². The third kappa shape index (κ3) is 1.83. The van der Waals surface area contributed by atoms with Crippen molar-refractivity contribution in [2.45, 2.75) is 20.3 Å². The van der Waals surface area contributed by atoms with Crippen molar-refractivity contribution in [3.05, 3.63) is 34.9 Å². The van der Waals surface area contributed by atoms with E-state index in [0.717, 1.165) is 11.1 Å². The zero-order chi connectivity index (χ0) is 11.8. The van der Waals surface area contributed by atoms with Crippen LogP contribution in [-0.4, -0.2) is 24.3 Å². The van der Waals surface area contributed by atoms with Crippen molar-refractivity contribution in [2.24, 2.45) is 5.41 Å². The smallest absolute Gasteiger partial charge is 0.314 e. The Morgan fingerprint density at radius 2 is 2.12 bits per heavy atom. The first-order valence-corrected chi connectivity index (χ1v) is 5.41. The number of hydrogen-bond acceptors (Lipinski definition) is 2.